The number of aryl methyl sites for hydroxylation is 1. The van der Waals surface area contributed by atoms with Crippen LogP contribution in [0, 0.1) is 0 Å². The third kappa shape index (κ3) is 4.90. The van der Waals surface area contributed by atoms with Crippen molar-refractivity contribution in [2.75, 3.05) is 24.7 Å². The van der Waals surface area contributed by atoms with Crippen molar-refractivity contribution in [3.63, 3.8) is 0 Å². The number of unbranched alkanes of at least 4 members (excludes halogenated alkanes) is 2. The molecule has 1 aromatic carbocycles. The lowest BCUT2D eigenvalue weighted by Crippen LogP contribution is -2.46. The summed E-state index contributed by atoms with van der Waals surface area (Å²) in [5, 5.41) is 11.3. The molecule has 0 aliphatic carbocycles. The van der Waals surface area contributed by atoms with Crippen LogP contribution in [0.5, 0.6) is 0 Å². The molecule has 0 saturated carbocycles. The molecule has 36 heavy (non-hydrogen) atoms. The Morgan fingerprint density at radius 1 is 1.22 bits per heavy atom. The van der Waals surface area contributed by atoms with Crippen LogP contribution in [-0.4, -0.2) is 51.5 Å². The van der Waals surface area contributed by atoms with Crippen molar-refractivity contribution >= 4 is 34.9 Å². The fraction of sp³-hybridized carbons (Fsp3) is 0.440. The van der Waals surface area contributed by atoms with Gasteiger partial charge in [-0.15, -0.1) is 5.11 Å². The molecule has 10 nitrogen and oxygen atoms in total. The van der Waals surface area contributed by atoms with Gasteiger partial charge in [0.05, 0.1) is 12.2 Å². The van der Waals surface area contributed by atoms with Gasteiger partial charge in [0.2, 0.25) is 11.7 Å². The normalized spacial score (nSPS) is 17.2. The molecule has 0 unspecified atom stereocenters. The maximum Gasteiger partial charge on any atom is 0.261 e. The number of nitrogens with one attached hydrogen (secondary N) is 1. The minimum atomic E-state index is -0.381. The number of anilines is 1. The number of benzene rings is 1. The highest BCUT2D eigenvalue weighted by molar-refractivity contribution is 6.30. The van der Waals surface area contributed by atoms with E-state index in [9.17, 15) is 9.59 Å². The molecule has 1 N–H and O–H groups in total. The average Bonchev–Trinajstić information content (AvgIpc) is 3.65. The van der Waals surface area contributed by atoms with Gasteiger partial charge in [-0.3, -0.25) is 18.6 Å². The SMILES string of the molecule is CCCCCn1c(N2CCC[C@H]2C(=O)NCC2=NCN=N2)cc(=O)n2cc(-c3ccc(Cl)cc3)nc12. The monoisotopic (exact) mass is 508 g/mol. The number of aliphatic imine (C=N–C) groups is 1. The number of amidine groups is 1. The van der Waals surface area contributed by atoms with Crippen LogP contribution in [0.15, 0.2) is 56.5 Å². The zero-order chi connectivity index (χ0) is 25.1. The highest BCUT2D eigenvalue weighted by atomic mass is 35.5. The maximum absolute atomic E-state index is 13.2. The second-order valence-corrected chi connectivity index (χ2v) is 9.47. The summed E-state index contributed by atoms with van der Waals surface area (Å²) in [6.07, 6.45) is 6.41. The predicted octanol–water partition coefficient (Wildman–Crippen LogP) is 3.91. The largest absolute Gasteiger partial charge is 0.347 e. The Bertz CT molecular complexity index is 1380. The third-order valence-electron chi connectivity index (χ3n) is 6.59. The van der Waals surface area contributed by atoms with Gasteiger partial charge in [0.25, 0.3) is 5.56 Å². The van der Waals surface area contributed by atoms with Gasteiger partial charge < -0.3 is 10.2 Å². The Kier molecular flexibility index (Phi) is 7.13. The molecule has 1 saturated heterocycles. The summed E-state index contributed by atoms with van der Waals surface area (Å²) < 4.78 is 3.67. The number of rotatable bonds is 9. The number of hydrogen-bond donors (Lipinski definition) is 1. The summed E-state index contributed by atoms with van der Waals surface area (Å²) >= 11 is 6.06. The number of amides is 1. The van der Waals surface area contributed by atoms with Gasteiger partial charge in [-0.2, -0.15) is 5.11 Å². The van der Waals surface area contributed by atoms with Crippen LogP contribution in [0.2, 0.25) is 5.02 Å². The lowest BCUT2D eigenvalue weighted by molar-refractivity contribution is -0.121. The molecule has 2 aliphatic rings. The van der Waals surface area contributed by atoms with E-state index in [1.807, 2.05) is 29.2 Å². The fourth-order valence-corrected chi connectivity index (χ4v) is 4.89. The first-order chi connectivity index (χ1) is 17.5. The van der Waals surface area contributed by atoms with Crippen molar-refractivity contribution in [2.45, 2.75) is 51.6 Å². The molecule has 1 amide bonds. The number of nitrogens with zero attached hydrogens (tertiary/aromatic N) is 7. The molecule has 11 heteroatoms. The maximum atomic E-state index is 13.2. The van der Waals surface area contributed by atoms with E-state index in [4.69, 9.17) is 16.6 Å². The molecule has 0 radical (unpaired) electrons. The third-order valence-corrected chi connectivity index (χ3v) is 6.85. The number of hydrogen-bond acceptors (Lipinski definition) is 7. The lowest BCUT2D eigenvalue weighted by atomic mass is 10.2. The first-order valence-electron chi connectivity index (χ1n) is 12.4. The average molecular weight is 509 g/mol. The number of carbonyl (C=O) groups excluding carboxylic acids is 1. The van der Waals surface area contributed by atoms with Gasteiger partial charge in [0.15, 0.2) is 12.5 Å². The van der Waals surface area contributed by atoms with Crippen molar-refractivity contribution < 1.29 is 4.79 Å². The van der Waals surface area contributed by atoms with Crippen molar-refractivity contribution in [2.24, 2.45) is 15.2 Å². The number of aromatic nitrogens is 3. The molecule has 1 fully saturated rings. The van der Waals surface area contributed by atoms with Gasteiger partial charge in [0.1, 0.15) is 11.9 Å². The van der Waals surface area contributed by atoms with E-state index in [-0.39, 0.29) is 24.1 Å². The van der Waals surface area contributed by atoms with E-state index in [2.05, 4.69) is 32.0 Å². The standard InChI is InChI=1S/C25H29ClN8O2/c1-2-3-4-11-33-22(32-12-5-6-20(32)24(36)27-14-21-28-16-29-31-21)13-23(35)34-15-19(30-25(33)34)17-7-9-18(26)10-8-17/h7-10,13,15,20H,2-6,11-12,14,16H2,1H3,(H,27,36)/t20-/m0/s1. The molecular formula is C25H29ClN8O2. The molecule has 2 aromatic heterocycles. The highest BCUT2D eigenvalue weighted by Crippen LogP contribution is 2.28. The number of carbonyl (C=O) groups is 1. The van der Waals surface area contributed by atoms with Crippen LogP contribution in [0.3, 0.4) is 0 Å². The van der Waals surface area contributed by atoms with Crippen molar-refractivity contribution in [3.8, 4) is 11.3 Å². The van der Waals surface area contributed by atoms with Gasteiger partial charge in [-0.1, -0.05) is 43.5 Å². The van der Waals surface area contributed by atoms with Crippen LogP contribution in [0.4, 0.5) is 5.82 Å². The van der Waals surface area contributed by atoms with E-state index < -0.39 is 0 Å². The zero-order valence-corrected chi connectivity index (χ0v) is 21.0. The Morgan fingerprint density at radius 3 is 2.81 bits per heavy atom. The second kappa shape index (κ2) is 10.6. The number of halogens is 1. The summed E-state index contributed by atoms with van der Waals surface area (Å²) in [5.74, 6) is 1.73. The minimum Gasteiger partial charge on any atom is -0.347 e. The first-order valence-corrected chi connectivity index (χ1v) is 12.8. The van der Waals surface area contributed by atoms with Gasteiger partial charge in [0, 0.05) is 35.9 Å². The lowest BCUT2D eigenvalue weighted by Gasteiger charge is -2.29. The van der Waals surface area contributed by atoms with Gasteiger partial charge in [-0.25, -0.2) is 9.98 Å². The predicted molar refractivity (Wildman–Crippen MR) is 140 cm³/mol. The van der Waals surface area contributed by atoms with E-state index in [0.29, 0.717) is 48.5 Å². The Morgan fingerprint density at radius 2 is 2.06 bits per heavy atom. The molecule has 3 aromatic rings. The number of imidazole rings is 1. The summed E-state index contributed by atoms with van der Waals surface area (Å²) in [5.41, 5.74) is 1.41. The first kappa shape index (κ1) is 24.2. The van der Waals surface area contributed by atoms with Crippen molar-refractivity contribution in [1.82, 2.24) is 19.3 Å². The van der Waals surface area contributed by atoms with Gasteiger partial charge >= 0.3 is 0 Å². The highest BCUT2D eigenvalue weighted by Gasteiger charge is 2.33. The Balaban J connectivity index is 1.51. The molecule has 0 bridgehead atoms. The van der Waals surface area contributed by atoms with Gasteiger partial charge in [-0.05, 0) is 31.4 Å². The quantitative estimate of drug-likeness (QED) is 0.442. The molecule has 5 rings (SSSR count). The van der Waals surface area contributed by atoms with Crippen molar-refractivity contribution in [3.05, 3.63) is 51.9 Å². The number of azo groups is 1. The summed E-state index contributed by atoms with van der Waals surface area (Å²) in [6, 6.07) is 8.66. The van der Waals surface area contributed by atoms with E-state index in [1.54, 1.807) is 16.7 Å². The smallest absolute Gasteiger partial charge is 0.261 e. The van der Waals surface area contributed by atoms with Crippen LogP contribution < -0.4 is 15.8 Å². The van der Waals surface area contributed by atoms with E-state index in [0.717, 1.165) is 37.1 Å². The molecule has 2 aliphatic heterocycles. The molecule has 1 atom stereocenters. The van der Waals surface area contributed by atoms with Crippen LogP contribution in [-0.2, 0) is 11.3 Å². The second-order valence-electron chi connectivity index (χ2n) is 9.03. The molecular weight excluding hydrogens is 480 g/mol. The Hall–Kier alpha value is -3.53. The fourth-order valence-electron chi connectivity index (χ4n) is 4.76. The van der Waals surface area contributed by atoms with Crippen molar-refractivity contribution in [1.29, 1.82) is 0 Å². The summed E-state index contributed by atoms with van der Waals surface area (Å²) in [6.45, 7) is 4.11. The van der Waals surface area contributed by atoms with E-state index in [1.165, 1.54) is 0 Å². The van der Waals surface area contributed by atoms with Crippen LogP contribution in [0.25, 0.3) is 17.0 Å². The Labute approximate surface area is 213 Å². The van der Waals surface area contributed by atoms with Crippen LogP contribution in [0.1, 0.15) is 39.0 Å². The topological polar surface area (TPSA) is 109 Å². The van der Waals surface area contributed by atoms with Crippen LogP contribution >= 0.6 is 11.6 Å². The minimum absolute atomic E-state index is 0.102. The number of fused-ring (bicyclic) bond motifs is 1. The summed E-state index contributed by atoms with van der Waals surface area (Å²) in [7, 11) is 0. The summed E-state index contributed by atoms with van der Waals surface area (Å²) in [4.78, 5) is 37.4. The zero-order valence-electron chi connectivity index (χ0n) is 20.2. The molecule has 188 valence electrons. The molecule has 4 heterocycles. The van der Waals surface area contributed by atoms with E-state index >= 15 is 0 Å². The molecule has 0 spiro atoms.